The Balaban J connectivity index is 1.77. The summed E-state index contributed by atoms with van der Waals surface area (Å²) in [7, 11) is 4.03. The summed E-state index contributed by atoms with van der Waals surface area (Å²) in [6.45, 7) is 2.79. The minimum absolute atomic E-state index is 0.0398. The first kappa shape index (κ1) is 13.4. The zero-order chi connectivity index (χ0) is 13.0. The van der Waals surface area contributed by atoms with Crippen LogP contribution < -0.4 is 5.32 Å². The van der Waals surface area contributed by atoms with Crippen molar-refractivity contribution in [1.29, 1.82) is 0 Å². The molecule has 0 radical (unpaired) electrons. The van der Waals surface area contributed by atoms with Crippen LogP contribution in [0, 0.1) is 0 Å². The molecule has 18 heavy (non-hydrogen) atoms. The topological polar surface area (TPSA) is 35.6 Å². The van der Waals surface area contributed by atoms with E-state index in [1.165, 1.54) is 4.88 Å². The standard InChI is InChI=1S/C13H21N3OS/c1-15-7-5-11(6-8-15)16(2)13(17)14-10-12-4-3-9-18-12/h3-4,9,11H,5-8,10H2,1-2H3,(H,14,17). The van der Waals surface area contributed by atoms with Gasteiger partial charge in [-0.2, -0.15) is 0 Å². The molecule has 1 aliphatic heterocycles. The maximum absolute atomic E-state index is 12.0. The maximum Gasteiger partial charge on any atom is 0.317 e. The summed E-state index contributed by atoms with van der Waals surface area (Å²) in [6, 6.07) is 4.47. The number of urea groups is 1. The molecule has 1 aromatic heterocycles. The van der Waals surface area contributed by atoms with Gasteiger partial charge in [0.2, 0.25) is 0 Å². The molecule has 1 aliphatic rings. The van der Waals surface area contributed by atoms with Crippen LogP contribution >= 0.6 is 11.3 Å². The monoisotopic (exact) mass is 267 g/mol. The van der Waals surface area contributed by atoms with Crippen molar-refractivity contribution in [2.45, 2.75) is 25.4 Å². The second-order valence-electron chi connectivity index (χ2n) is 4.88. The van der Waals surface area contributed by atoms with Crippen molar-refractivity contribution in [2.24, 2.45) is 0 Å². The molecule has 0 saturated carbocycles. The highest BCUT2D eigenvalue weighted by Gasteiger charge is 2.23. The van der Waals surface area contributed by atoms with E-state index in [0.717, 1.165) is 25.9 Å². The summed E-state index contributed by atoms with van der Waals surface area (Å²) in [5.41, 5.74) is 0. The Bertz CT molecular complexity index is 372. The van der Waals surface area contributed by atoms with Gasteiger partial charge in [0.15, 0.2) is 0 Å². The Morgan fingerprint density at radius 1 is 1.56 bits per heavy atom. The van der Waals surface area contributed by atoms with Crippen molar-refractivity contribution in [3.8, 4) is 0 Å². The van der Waals surface area contributed by atoms with Gasteiger partial charge >= 0.3 is 6.03 Å². The number of hydrogen-bond donors (Lipinski definition) is 1. The molecule has 0 unspecified atom stereocenters. The highest BCUT2D eigenvalue weighted by atomic mass is 32.1. The lowest BCUT2D eigenvalue weighted by molar-refractivity contribution is 0.147. The molecule has 4 nitrogen and oxygen atoms in total. The first-order valence-corrected chi connectivity index (χ1v) is 7.26. The number of likely N-dealkylation sites (tertiary alicyclic amines) is 1. The Kier molecular flexibility index (Phi) is 4.60. The number of rotatable bonds is 3. The van der Waals surface area contributed by atoms with Gasteiger partial charge in [-0.1, -0.05) is 6.07 Å². The van der Waals surface area contributed by atoms with Crippen molar-refractivity contribution in [1.82, 2.24) is 15.1 Å². The van der Waals surface area contributed by atoms with E-state index in [1.54, 1.807) is 11.3 Å². The molecule has 0 atom stereocenters. The van der Waals surface area contributed by atoms with Gasteiger partial charge in [-0.3, -0.25) is 0 Å². The van der Waals surface area contributed by atoms with Crippen LogP contribution in [0.25, 0.3) is 0 Å². The molecule has 1 aromatic rings. The third-order valence-corrected chi connectivity index (χ3v) is 4.43. The second-order valence-corrected chi connectivity index (χ2v) is 5.92. The molecule has 0 spiro atoms. The van der Waals surface area contributed by atoms with Gasteiger partial charge in [-0.25, -0.2) is 4.79 Å². The number of hydrogen-bond acceptors (Lipinski definition) is 3. The summed E-state index contributed by atoms with van der Waals surface area (Å²) >= 11 is 1.67. The van der Waals surface area contributed by atoms with Crippen LogP contribution in [0.5, 0.6) is 0 Å². The van der Waals surface area contributed by atoms with E-state index in [4.69, 9.17) is 0 Å². The van der Waals surface area contributed by atoms with Gasteiger partial charge in [-0.05, 0) is 44.4 Å². The smallest absolute Gasteiger partial charge is 0.317 e. The minimum atomic E-state index is 0.0398. The molecule has 5 heteroatoms. The minimum Gasteiger partial charge on any atom is -0.333 e. The number of carbonyl (C=O) groups excluding carboxylic acids is 1. The van der Waals surface area contributed by atoms with E-state index < -0.39 is 0 Å². The number of nitrogens with one attached hydrogen (secondary N) is 1. The number of thiophene rings is 1. The number of amides is 2. The molecule has 100 valence electrons. The van der Waals surface area contributed by atoms with Gasteiger partial charge in [0.05, 0.1) is 6.54 Å². The Hall–Kier alpha value is -1.07. The fourth-order valence-corrected chi connectivity index (χ4v) is 2.89. The largest absolute Gasteiger partial charge is 0.333 e. The molecule has 2 rings (SSSR count). The predicted molar refractivity (Wildman–Crippen MR) is 74.8 cm³/mol. The highest BCUT2D eigenvalue weighted by Crippen LogP contribution is 2.14. The zero-order valence-corrected chi connectivity index (χ0v) is 11.9. The van der Waals surface area contributed by atoms with Crippen molar-refractivity contribution in [3.63, 3.8) is 0 Å². The predicted octanol–water partition coefficient (Wildman–Crippen LogP) is 1.98. The molecule has 0 bridgehead atoms. The summed E-state index contributed by atoms with van der Waals surface area (Å²) in [6.07, 6.45) is 2.14. The van der Waals surface area contributed by atoms with Crippen LogP contribution in [0.15, 0.2) is 17.5 Å². The molecule has 1 N–H and O–H groups in total. The van der Waals surface area contributed by atoms with Crippen LogP contribution in [-0.2, 0) is 6.54 Å². The van der Waals surface area contributed by atoms with Gasteiger partial charge in [-0.15, -0.1) is 11.3 Å². The average Bonchev–Trinajstić information content (AvgIpc) is 2.89. The average molecular weight is 267 g/mol. The number of nitrogens with zero attached hydrogens (tertiary/aromatic N) is 2. The highest BCUT2D eigenvalue weighted by molar-refractivity contribution is 7.09. The molecule has 1 fully saturated rings. The summed E-state index contributed by atoms with van der Waals surface area (Å²) in [5, 5.41) is 5.01. The van der Waals surface area contributed by atoms with E-state index in [9.17, 15) is 4.79 Å². The lowest BCUT2D eigenvalue weighted by atomic mass is 10.0. The first-order chi connectivity index (χ1) is 8.66. The Labute approximate surface area is 113 Å². The van der Waals surface area contributed by atoms with Crippen molar-refractivity contribution >= 4 is 17.4 Å². The van der Waals surface area contributed by atoms with Crippen LogP contribution in [0.2, 0.25) is 0 Å². The van der Waals surface area contributed by atoms with Crippen LogP contribution in [-0.4, -0.2) is 49.1 Å². The van der Waals surface area contributed by atoms with E-state index in [2.05, 4.69) is 17.3 Å². The molecule has 0 aromatic carbocycles. The molecule has 2 heterocycles. The van der Waals surface area contributed by atoms with Gasteiger partial charge in [0.1, 0.15) is 0 Å². The Morgan fingerprint density at radius 3 is 2.89 bits per heavy atom. The normalized spacial score (nSPS) is 17.7. The third kappa shape index (κ3) is 3.46. The third-order valence-electron chi connectivity index (χ3n) is 3.55. The number of carbonyl (C=O) groups is 1. The first-order valence-electron chi connectivity index (χ1n) is 6.38. The molecule has 0 aliphatic carbocycles. The van der Waals surface area contributed by atoms with Gasteiger partial charge in [0.25, 0.3) is 0 Å². The maximum atomic E-state index is 12.0. The van der Waals surface area contributed by atoms with E-state index in [-0.39, 0.29) is 6.03 Å². The van der Waals surface area contributed by atoms with Crippen molar-refractivity contribution in [3.05, 3.63) is 22.4 Å². The van der Waals surface area contributed by atoms with E-state index >= 15 is 0 Å². The molecule has 2 amide bonds. The van der Waals surface area contributed by atoms with Crippen molar-refractivity contribution < 1.29 is 4.79 Å². The van der Waals surface area contributed by atoms with Crippen molar-refractivity contribution in [2.75, 3.05) is 27.2 Å². The second kappa shape index (κ2) is 6.20. The fourth-order valence-electron chi connectivity index (χ4n) is 2.25. The lowest BCUT2D eigenvalue weighted by Gasteiger charge is -2.35. The molecule has 1 saturated heterocycles. The number of piperidine rings is 1. The quantitative estimate of drug-likeness (QED) is 0.909. The summed E-state index contributed by atoms with van der Waals surface area (Å²) in [5.74, 6) is 0. The van der Waals surface area contributed by atoms with Gasteiger partial charge < -0.3 is 15.1 Å². The van der Waals surface area contributed by atoms with Crippen LogP contribution in [0.3, 0.4) is 0 Å². The van der Waals surface area contributed by atoms with E-state index in [0.29, 0.717) is 12.6 Å². The van der Waals surface area contributed by atoms with E-state index in [1.807, 2.05) is 29.5 Å². The van der Waals surface area contributed by atoms with Gasteiger partial charge in [0, 0.05) is 18.0 Å². The fraction of sp³-hybridized carbons (Fsp3) is 0.615. The summed E-state index contributed by atoms with van der Waals surface area (Å²) in [4.78, 5) is 17.4. The zero-order valence-electron chi connectivity index (χ0n) is 11.1. The lowest BCUT2D eigenvalue weighted by Crippen LogP contribution is -2.47. The Morgan fingerprint density at radius 2 is 2.28 bits per heavy atom. The van der Waals surface area contributed by atoms with Crippen LogP contribution in [0.4, 0.5) is 4.79 Å². The summed E-state index contributed by atoms with van der Waals surface area (Å²) < 4.78 is 0. The SMILES string of the molecule is CN1CCC(N(C)C(=O)NCc2cccs2)CC1. The van der Waals surface area contributed by atoms with Crippen LogP contribution in [0.1, 0.15) is 17.7 Å². The molecular weight excluding hydrogens is 246 g/mol. The molecular formula is C13H21N3OS.